The average molecular weight is 439 g/mol. The van der Waals surface area contributed by atoms with Gasteiger partial charge in [-0.15, -0.1) is 0 Å². The Labute approximate surface area is 151 Å². The molecule has 3 rings (SSSR count). The maximum atomic E-state index is 13.2. The Balaban J connectivity index is 2.19. The van der Waals surface area contributed by atoms with E-state index in [-0.39, 0.29) is 5.82 Å². The second-order valence-corrected chi connectivity index (χ2v) is 6.42. The van der Waals surface area contributed by atoms with Gasteiger partial charge >= 0.3 is 0 Å². The number of hydrogen-bond donors (Lipinski definition) is 0. The smallest absolute Gasteiger partial charge is 0.123 e. The number of nitrogens with zero attached hydrogens (tertiary/aromatic N) is 1. The predicted molar refractivity (Wildman–Crippen MR) is 98.0 cm³/mol. The van der Waals surface area contributed by atoms with Crippen LogP contribution >= 0.6 is 31.9 Å². The summed E-state index contributed by atoms with van der Waals surface area (Å²) in [5, 5.41) is 0.707. The minimum Gasteiger partial charge on any atom is -0.497 e. The molecule has 0 fully saturated rings. The lowest BCUT2D eigenvalue weighted by Gasteiger charge is -2.14. The Morgan fingerprint density at radius 2 is 1.70 bits per heavy atom. The number of methoxy groups -OCH3 is 1. The first-order valence-electron chi connectivity index (χ1n) is 7.00. The van der Waals surface area contributed by atoms with Crippen LogP contribution in [0.25, 0.3) is 16.9 Å². The Bertz CT molecular complexity index is 810. The van der Waals surface area contributed by atoms with Crippen LogP contribution in [0.4, 0.5) is 4.39 Å². The molecule has 2 aromatic carbocycles. The van der Waals surface area contributed by atoms with Crippen molar-refractivity contribution in [2.45, 2.75) is 5.33 Å². The summed E-state index contributed by atoms with van der Waals surface area (Å²) >= 11 is 7.17. The number of benzene rings is 2. The van der Waals surface area contributed by atoms with Crippen LogP contribution in [0.2, 0.25) is 0 Å². The molecular formula is C18H14Br2FNO. The number of hydrogen-bond acceptors (Lipinski definition) is 1. The molecule has 1 heterocycles. The summed E-state index contributed by atoms with van der Waals surface area (Å²) in [5.74, 6) is 0.567. The minimum atomic E-state index is -0.242. The highest BCUT2D eigenvalue weighted by atomic mass is 79.9. The van der Waals surface area contributed by atoms with Crippen LogP contribution < -0.4 is 4.74 Å². The number of alkyl halides is 1. The number of halogens is 3. The second kappa shape index (κ2) is 6.89. The molecular weight excluding hydrogens is 425 g/mol. The molecule has 5 heteroatoms. The third-order valence-corrected chi connectivity index (χ3v) is 4.79. The molecule has 0 bridgehead atoms. The fraction of sp³-hybridized carbons (Fsp3) is 0.111. The Hall–Kier alpha value is -1.59. The highest BCUT2D eigenvalue weighted by Gasteiger charge is 2.16. The van der Waals surface area contributed by atoms with E-state index in [1.165, 1.54) is 12.1 Å². The molecule has 0 spiro atoms. The van der Waals surface area contributed by atoms with Crippen molar-refractivity contribution in [3.63, 3.8) is 0 Å². The molecule has 0 N–H and O–H groups in total. The van der Waals surface area contributed by atoms with E-state index in [2.05, 4.69) is 42.5 Å². The highest BCUT2D eigenvalue weighted by Crippen LogP contribution is 2.35. The van der Waals surface area contributed by atoms with E-state index in [4.69, 9.17) is 4.74 Å². The summed E-state index contributed by atoms with van der Waals surface area (Å²) < 4.78 is 21.6. The highest BCUT2D eigenvalue weighted by molar-refractivity contribution is 9.10. The molecule has 118 valence electrons. The third kappa shape index (κ3) is 3.21. The normalized spacial score (nSPS) is 10.8. The number of rotatable bonds is 4. The van der Waals surface area contributed by atoms with Gasteiger partial charge in [-0.3, -0.25) is 0 Å². The number of aromatic nitrogens is 1. The lowest BCUT2D eigenvalue weighted by molar-refractivity contribution is 0.414. The van der Waals surface area contributed by atoms with Crippen LogP contribution in [-0.4, -0.2) is 11.7 Å². The first-order chi connectivity index (χ1) is 11.1. The molecule has 3 aromatic rings. The van der Waals surface area contributed by atoms with Crippen molar-refractivity contribution in [2.75, 3.05) is 7.11 Å². The molecule has 0 aliphatic heterocycles. The zero-order chi connectivity index (χ0) is 16.4. The van der Waals surface area contributed by atoms with Crippen molar-refractivity contribution in [3.05, 3.63) is 70.6 Å². The Morgan fingerprint density at radius 3 is 2.26 bits per heavy atom. The SMILES string of the molecule is COc1ccc(-n2c(CBr)cc(Br)c2-c2ccc(F)cc2)cc1. The summed E-state index contributed by atoms with van der Waals surface area (Å²) in [6, 6.07) is 16.4. The van der Waals surface area contributed by atoms with E-state index in [9.17, 15) is 4.39 Å². The van der Waals surface area contributed by atoms with Crippen molar-refractivity contribution in [2.24, 2.45) is 0 Å². The van der Waals surface area contributed by atoms with Crippen LogP contribution in [0.5, 0.6) is 5.75 Å². The van der Waals surface area contributed by atoms with E-state index in [0.717, 1.165) is 32.9 Å². The molecule has 0 saturated heterocycles. The van der Waals surface area contributed by atoms with E-state index in [0.29, 0.717) is 5.33 Å². The van der Waals surface area contributed by atoms with Gasteiger partial charge in [-0.2, -0.15) is 0 Å². The van der Waals surface area contributed by atoms with Crippen LogP contribution in [0.1, 0.15) is 5.69 Å². The summed E-state index contributed by atoms with van der Waals surface area (Å²) in [5.41, 5.74) is 4.05. The van der Waals surface area contributed by atoms with E-state index in [1.54, 1.807) is 19.2 Å². The molecule has 0 amide bonds. The zero-order valence-corrected chi connectivity index (χ0v) is 15.6. The van der Waals surface area contributed by atoms with Gasteiger partial charge < -0.3 is 9.30 Å². The van der Waals surface area contributed by atoms with Crippen LogP contribution in [0, 0.1) is 5.82 Å². The zero-order valence-electron chi connectivity index (χ0n) is 12.4. The van der Waals surface area contributed by atoms with Crippen molar-refractivity contribution >= 4 is 31.9 Å². The maximum absolute atomic E-state index is 13.2. The van der Waals surface area contributed by atoms with Gasteiger partial charge in [0.25, 0.3) is 0 Å². The fourth-order valence-corrected chi connectivity index (χ4v) is 3.61. The van der Waals surface area contributed by atoms with Gasteiger partial charge in [0.15, 0.2) is 0 Å². The van der Waals surface area contributed by atoms with Gasteiger partial charge in [-0.25, -0.2) is 4.39 Å². The van der Waals surface area contributed by atoms with Gasteiger partial charge in [0, 0.05) is 21.2 Å². The summed E-state index contributed by atoms with van der Waals surface area (Å²) in [4.78, 5) is 0. The second-order valence-electron chi connectivity index (χ2n) is 5.01. The lowest BCUT2D eigenvalue weighted by atomic mass is 10.1. The largest absolute Gasteiger partial charge is 0.497 e. The van der Waals surface area contributed by atoms with Gasteiger partial charge in [-0.1, -0.05) is 15.9 Å². The van der Waals surface area contributed by atoms with E-state index in [1.807, 2.05) is 24.3 Å². The molecule has 1 aromatic heterocycles. The van der Waals surface area contributed by atoms with Crippen molar-refractivity contribution in [1.29, 1.82) is 0 Å². The standard InChI is InChI=1S/C18H14Br2FNO/c1-23-16-8-6-14(7-9-16)22-15(11-19)10-17(20)18(22)12-2-4-13(21)5-3-12/h2-10H,11H2,1H3. The van der Waals surface area contributed by atoms with Crippen LogP contribution in [0.15, 0.2) is 59.1 Å². The topological polar surface area (TPSA) is 14.2 Å². The Morgan fingerprint density at radius 1 is 1.04 bits per heavy atom. The van der Waals surface area contributed by atoms with Crippen molar-refractivity contribution < 1.29 is 9.13 Å². The summed E-state index contributed by atoms with van der Waals surface area (Å²) in [6.45, 7) is 0. The van der Waals surface area contributed by atoms with Gasteiger partial charge in [0.1, 0.15) is 11.6 Å². The summed E-state index contributed by atoms with van der Waals surface area (Å²) in [7, 11) is 1.65. The first kappa shape index (κ1) is 16.3. The maximum Gasteiger partial charge on any atom is 0.123 e. The third-order valence-electron chi connectivity index (χ3n) is 3.62. The molecule has 2 nitrogen and oxygen atoms in total. The molecule has 0 aliphatic carbocycles. The van der Waals surface area contributed by atoms with Crippen LogP contribution in [0.3, 0.4) is 0 Å². The quantitative estimate of drug-likeness (QED) is 0.459. The molecule has 23 heavy (non-hydrogen) atoms. The molecule has 0 atom stereocenters. The molecule has 0 aliphatic rings. The molecule has 0 radical (unpaired) electrons. The van der Waals surface area contributed by atoms with Gasteiger partial charge in [0.2, 0.25) is 0 Å². The average Bonchev–Trinajstić information content (AvgIpc) is 2.92. The molecule has 0 unspecified atom stereocenters. The fourth-order valence-electron chi connectivity index (χ4n) is 2.53. The first-order valence-corrected chi connectivity index (χ1v) is 8.92. The van der Waals surface area contributed by atoms with Gasteiger partial charge in [0.05, 0.1) is 12.8 Å². The molecule has 0 saturated carbocycles. The van der Waals surface area contributed by atoms with Crippen molar-refractivity contribution in [3.8, 4) is 22.7 Å². The Kier molecular flexibility index (Phi) is 4.87. The van der Waals surface area contributed by atoms with E-state index < -0.39 is 0 Å². The van der Waals surface area contributed by atoms with Crippen LogP contribution in [-0.2, 0) is 5.33 Å². The number of ether oxygens (including phenoxy) is 1. The monoisotopic (exact) mass is 437 g/mol. The minimum absolute atomic E-state index is 0.242. The predicted octanol–water partition coefficient (Wildman–Crippen LogP) is 5.95. The van der Waals surface area contributed by atoms with E-state index >= 15 is 0 Å². The van der Waals surface area contributed by atoms with Gasteiger partial charge in [-0.05, 0) is 76.1 Å². The van der Waals surface area contributed by atoms with Crippen molar-refractivity contribution in [1.82, 2.24) is 4.57 Å². The summed E-state index contributed by atoms with van der Waals surface area (Å²) in [6.07, 6.45) is 0. The lowest BCUT2D eigenvalue weighted by Crippen LogP contribution is -2.01.